The molecular formula is C14H13N3O3. The fourth-order valence-corrected chi connectivity index (χ4v) is 2.27. The van der Waals surface area contributed by atoms with Crippen LogP contribution in [-0.4, -0.2) is 33.0 Å². The predicted molar refractivity (Wildman–Crippen MR) is 74.0 cm³/mol. The molecule has 0 saturated heterocycles. The first kappa shape index (κ1) is 12.3. The summed E-state index contributed by atoms with van der Waals surface area (Å²) >= 11 is 0. The van der Waals surface area contributed by atoms with Crippen LogP contribution in [0.1, 0.15) is 10.5 Å². The van der Waals surface area contributed by atoms with Gasteiger partial charge in [-0.25, -0.2) is 4.79 Å². The van der Waals surface area contributed by atoms with Crippen LogP contribution in [0.15, 0.2) is 30.3 Å². The first-order valence-corrected chi connectivity index (χ1v) is 6.03. The van der Waals surface area contributed by atoms with Gasteiger partial charge in [-0.05, 0) is 18.2 Å². The van der Waals surface area contributed by atoms with Crippen LogP contribution in [0, 0.1) is 0 Å². The summed E-state index contributed by atoms with van der Waals surface area (Å²) in [5.41, 5.74) is 2.46. The smallest absolute Gasteiger partial charge is 0.356 e. The zero-order valence-corrected chi connectivity index (χ0v) is 11.0. The fourth-order valence-electron chi connectivity index (χ4n) is 2.27. The summed E-state index contributed by atoms with van der Waals surface area (Å²) in [6.45, 7) is 0. The number of aromatic amines is 1. The highest BCUT2D eigenvalue weighted by atomic mass is 16.5. The molecule has 0 spiro atoms. The standard InChI is InChI=1S/C14H13N3O3/c1-17-12(7-11(16-17)14(18)19)10-6-8-9(15-10)4-3-5-13(8)20-2/h3-7,15H,1-2H3,(H,18,19). The van der Waals surface area contributed by atoms with Gasteiger partial charge >= 0.3 is 5.97 Å². The molecule has 0 radical (unpaired) electrons. The van der Waals surface area contributed by atoms with Gasteiger partial charge in [-0.15, -0.1) is 0 Å². The van der Waals surface area contributed by atoms with E-state index in [1.54, 1.807) is 24.9 Å². The minimum atomic E-state index is -1.04. The predicted octanol–water partition coefficient (Wildman–Crippen LogP) is 2.28. The Morgan fingerprint density at radius 2 is 2.20 bits per heavy atom. The van der Waals surface area contributed by atoms with Crippen molar-refractivity contribution in [3.63, 3.8) is 0 Å². The number of aromatic nitrogens is 3. The van der Waals surface area contributed by atoms with Gasteiger partial charge in [-0.3, -0.25) is 4.68 Å². The van der Waals surface area contributed by atoms with Crippen molar-refractivity contribution in [1.29, 1.82) is 0 Å². The number of ether oxygens (including phenoxy) is 1. The lowest BCUT2D eigenvalue weighted by atomic mass is 10.2. The third kappa shape index (κ3) is 1.82. The molecule has 2 N–H and O–H groups in total. The third-order valence-corrected chi connectivity index (χ3v) is 3.22. The number of fused-ring (bicyclic) bond motifs is 1. The van der Waals surface area contributed by atoms with Crippen LogP contribution in [0.5, 0.6) is 5.75 Å². The normalized spacial score (nSPS) is 10.9. The number of nitrogens with one attached hydrogen (secondary N) is 1. The third-order valence-electron chi connectivity index (χ3n) is 3.22. The summed E-state index contributed by atoms with van der Waals surface area (Å²) in [4.78, 5) is 14.2. The van der Waals surface area contributed by atoms with E-state index in [0.29, 0.717) is 5.69 Å². The summed E-state index contributed by atoms with van der Waals surface area (Å²) in [6, 6.07) is 9.19. The second-order valence-corrected chi connectivity index (χ2v) is 4.45. The Morgan fingerprint density at radius 3 is 2.85 bits per heavy atom. The molecule has 3 aromatic rings. The molecule has 2 aromatic heterocycles. The van der Waals surface area contributed by atoms with Crippen LogP contribution in [-0.2, 0) is 7.05 Å². The molecule has 0 bridgehead atoms. The number of rotatable bonds is 3. The number of hydrogen-bond donors (Lipinski definition) is 2. The van der Waals surface area contributed by atoms with Gasteiger partial charge < -0.3 is 14.8 Å². The van der Waals surface area contributed by atoms with Crippen LogP contribution in [0.2, 0.25) is 0 Å². The summed E-state index contributed by atoms with van der Waals surface area (Å²) in [5, 5.41) is 13.9. The van der Waals surface area contributed by atoms with Crippen LogP contribution in [0.3, 0.4) is 0 Å². The van der Waals surface area contributed by atoms with Gasteiger partial charge in [0.15, 0.2) is 5.69 Å². The van der Waals surface area contributed by atoms with E-state index in [0.717, 1.165) is 22.3 Å². The molecule has 6 heteroatoms. The molecule has 20 heavy (non-hydrogen) atoms. The first-order valence-electron chi connectivity index (χ1n) is 6.03. The van der Waals surface area contributed by atoms with Crippen LogP contribution in [0.4, 0.5) is 0 Å². The van der Waals surface area contributed by atoms with Gasteiger partial charge in [0.05, 0.1) is 18.5 Å². The number of aryl methyl sites for hydroxylation is 1. The summed E-state index contributed by atoms with van der Waals surface area (Å²) in [6.07, 6.45) is 0. The number of H-pyrrole nitrogens is 1. The maximum absolute atomic E-state index is 11.0. The SMILES string of the molecule is COc1cccc2[nH]c(-c3cc(C(=O)O)nn3C)cc12. The Morgan fingerprint density at radius 1 is 1.40 bits per heavy atom. The number of nitrogens with zero attached hydrogens (tertiary/aromatic N) is 2. The lowest BCUT2D eigenvalue weighted by Gasteiger charge is -1.99. The molecule has 0 amide bonds. The number of aromatic carboxylic acids is 1. The number of carboxylic acids is 1. The first-order chi connectivity index (χ1) is 9.60. The average Bonchev–Trinajstić information content (AvgIpc) is 3.01. The van der Waals surface area contributed by atoms with E-state index in [9.17, 15) is 4.79 Å². The van der Waals surface area contributed by atoms with Crippen molar-refractivity contribution in [1.82, 2.24) is 14.8 Å². The molecule has 102 valence electrons. The molecular weight excluding hydrogens is 258 g/mol. The van der Waals surface area contributed by atoms with E-state index in [1.807, 2.05) is 24.3 Å². The van der Waals surface area contributed by atoms with Gasteiger partial charge in [-0.1, -0.05) is 6.07 Å². The van der Waals surface area contributed by atoms with Crippen LogP contribution in [0.25, 0.3) is 22.3 Å². The molecule has 0 saturated carbocycles. The van der Waals surface area contributed by atoms with Crippen LogP contribution >= 0.6 is 0 Å². The lowest BCUT2D eigenvalue weighted by molar-refractivity contribution is 0.0689. The Balaban J connectivity index is 2.17. The molecule has 0 aliphatic heterocycles. The maximum atomic E-state index is 11.0. The van der Waals surface area contributed by atoms with Gasteiger partial charge in [0, 0.05) is 24.0 Å². The maximum Gasteiger partial charge on any atom is 0.356 e. The average molecular weight is 271 g/mol. The van der Waals surface area contributed by atoms with E-state index in [4.69, 9.17) is 9.84 Å². The van der Waals surface area contributed by atoms with Crippen molar-refractivity contribution >= 4 is 16.9 Å². The Labute approximate surface area is 114 Å². The minimum absolute atomic E-state index is 0.0214. The summed E-state index contributed by atoms with van der Waals surface area (Å²) in [7, 11) is 3.33. The quantitative estimate of drug-likeness (QED) is 0.765. The Kier molecular flexibility index (Phi) is 2.71. The number of carboxylic acid groups (broad SMARTS) is 1. The Hall–Kier alpha value is -2.76. The van der Waals surface area contributed by atoms with Gasteiger partial charge in [0.25, 0.3) is 0 Å². The minimum Gasteiger partial charge on any atom is -0.496 e. The van der Waals surface area contributed by atoms with Gasteiger partial charge in [0.1, 0.15) is 5.75 Å². The van der Waals surface area contributed by atoms with Crippen molar-refractivity contribution in [2.24, 2.45) is 7.05 Å². The van der Waals surface area contributed by atoms with E-state index in [-0.39, 0.29) is 5.69 Å². The largest absolute Gasteiger partial charge is 0.496 e. The molecule has 3 rings (SSSR count). The number of carbonyl (C=O) groups is 1. The molecule has 0 fully saturated rings. The topological polar surface area (TPSA) is 80.1 Å². The summed E-state index contributed by atoms with van der Waals surface area (Å²) < 4.78 is 6.86. The zero-order chi connectivity index (χ0) is 14.3. The highest BCUT2D eigenvalue weighted by Crippen LogP contribution is 2.30. The number of benzene rings is 1. The molecule has 0 unspecified atom stereocenters. The highest BCUT2D eigenvalue weighted by molar-refractivity contribution is 5.91. The number of methoxy groups -OCH3 is 1. The van der Waals surface area contributed by atoms with E-state index in [1.165, 1.54) is 0 Å². The zero-order valence-electron chi connectivity index (χ0n) is 11.0. The van der Waals surface area contributed by atoms with Gasteiger partial charge in [0.2, 0.25) is 0 Å². The summed E-state index contributed by atoms with van der Waals surface area (Å²) in [5.74, 6) is -0.272. The monoisotopic (exact) mass is 271 g/mol. The molecule has 1 aromatic carbocycles. The highest BCUT2D eigenvalue weighted by Gasteiger charge is 2.15. The second-order valence-electron chi connectivity index (χ2n) is 4.45. The molecule has 6 nitrogen and oxygen atoms in total. The Bertz CT molecular complexity index is 801. The van der Waals surface area contributed by atoms with Crippen molar-refractivity contribution < 1.29 is 14.6 Å². The van der Waals surface area contributed by atoms with Crippen molar-refractivity contribution in [3.05, 3.63) is 36.0 Å². The lowest BCUT2D eigenvalue weighted by Crippen LogP contribution is -1.99. The van der Waals surface area contributed by atoms with Crippen LogP contribution < -0.4 is 4.74 Å². The van der Waals surface area contributed by atoms with Crippen molar-refractivity contribution in [2.45, 2.75) is 0 Å². The van der Waals surface area contributed by atoms with E-state index in [2.05, 4.69) is 10.1 Å². The molecule has 0 atom stereocenters. The van der Waals surface area contributed by atoms with Gasteiger partial charge in [-0.2, -0.15) is 5.10 Å². The second kappa shape index (κ2) is 4.41. The fraction of sp³-hybridized carbons (Fsp3) is 0.143. The number of hydrogen-bond acceptors (Lipinski definition) is 3. The molecule has 0 aliphatic carbocycles. The molecule has 0 aliphatic rings. The molecule has 2 heterocycles. The van der Waals surface area contributed by atoms with Crippen molar-refractivity contribution in [2.75, 3.05) is 7.11 Å². The van der Waals surface area contributed by atoms with E-state index >= 15 is 0 Å². The van der Waals surface area contributed by atoms with Crippen molar-refractivity contribution in [3.8, 4) is 17.1 Å². The van der Waals surface area contributed by atoms with E-state index < -0.39 is 5.97 Å².